The lowest BCUT2D eigenvalue weighted by molar-refractivity contribution is -0.138. The van der Waals surface area contributed by atoms with Crippen LogP contribution in [0, 0.1) is 11.8 Å². The van der Waals surface area contributed by atoms with Gasteiger partial charge in [0.2, 0.25) is 65.0 Å². The average Bonchev–Trinajstić information content (AvgIpc) is 2.00. The van der Waals surface area contributed by atoms with Gasteiger partial charge in [-0.15, -0.1) is 0 Å². The molecule has 0 heterocycles. The molecule has 0 aliphatic carbocycles. The first-order chi connectivity index (χ1) is 42.7. The summed E-state index contributed by atoms with van der Waals surface area (Å²) < 4.78 is 0. The molecular formula is C61H104N14O16. The maximum absolute atomic E-state index is 13.5. The summed E-state index contributed by atoms with van der Waals surface area (Å²) in [7, 11) is 0. The second-order valence-corrected chi connectivity index (χ2v) is 24.3. The summed E-state index contributed by atoms with van der Waals surface area (Å²) in [6, 6.07) is -0.802. The van der Waals surface area contributed by atoms with Gasteiger partial charge >= 0.3 is 11.9 Å². The lowest BCUT2D eigenvalue weighted by Gasteiger charge is -2.26. The number of nitrogens with one attached hydrogen (secondary N) is 10. The van der Waals surface area contributed by atoms with Crippen molar-refractivity contribution in [3.05, 3.63) is 29.8 Å². The minimum absolute atomic E-state index is 0.0144. The van der Waals surface area contributed by atoms with Crippen molar-refractivity contribution in [2.45, 2.75) is 237 Å². The zero-order chi connectivity index (χ0) is 68.8. The highest BCUT2D eigenvalue weighted by Crippen LogP contribution is 2.16. The van der Waals surface area contributed by atoms with Crippen LogP contribution in [0.25, 0.3) is 0 Å². The van der Waals surface area contributed by atoms with Crippen LogP contribution >= 0.6 is 0 Å². The number of nitrogens with two attached hydrogens (primary N) is 4. The number of carboxylic acid groups (broad SMARTS) is 2. The van der Waals surface area contributed by atoms with Crippen molar-refractivity contribution in [1.29, 1.82) is 0 Å². The Balaban J connectivity index is 2.86. The van der Waals surface area contributed by atoms with Crippen molar-refractivity contribution in [3.8, 4) is 5.75 Å². The van der Waals surface area contributed by atoms with Crippen molar-refractivity contribution in [1.82, 2.24) is 53.2 Å². The number of phenolic OH excluding ortho intramolecular Hbond substituents is 1. The van der Waals surface area contributed by atoms with E-state index in [1.54, 1.807) is 60.6 Å². The van der Waals surface area contributed by atoms with Crippen LogP contribution in [0.4, 0.5) is 0 Å². The van der Waals surface area contributed by atoms with Crippen LogP contribution in [-0.2, 0) is 68.7 Å². The van der Waals surface area contributed by atoms with Gasteiger partial charge in [0.15, 0.2) is 0 Å². The van der Waals surface area contributed by atoms with E-state index in [1.165, 1.54) is 12.1 Å². The molecule has 0 saturated heterocycles. The van der Waals surface area contributed by atoms with Crippen molar-refractivity contribution in [2.24, 2.45) is 34.8 Å². The minimum atomic E-state index is -1.17. The molecule has 0 bridgehead atoms. The van der Waals surface area contributed by atoms with E-state index < -0.39 is 131 Å². The fourth-order valence-electron chi connectivity index (χ4n) is 9.71. The molecule has 0 fully saturated rings. The first kappa shape index (κ1) is 81.0. The molecule has 0 radical (unpaired) electrons. The van der Waals surface area contributed by atoms with E-state index in [0.29, 0.717) is 32.2 Å². The third-order valence-electron chi connectivity index (χ3n) is 14.5. The Bertz CT molecular complexity index is 2520. The summed E-state index contributed by atoms with van der Waals surface area (Å²) in [5, 5.41) is 55.9. The molecule has 10 atom stereocenters. The van der Waals surface area contributed by atoms with Gasteiger partial charge in [0.1, 0.15) is 5.75 Å². The molecular weight excluding hydrogens is 1180 g/mol. The van der Waals surface area contributed by atoms with Crippen LogP contribution in [0.2, 0.25) is 0 Å². The van der Waals surface area contributed by atoms with E-state index in [4.69, 9.17) is 28.0 Å². The number of hydrogen-bond donors (Lipinski definition) is 17. The van der Waals surface area contributed by atoms with E-state index in [1.807, 2.05) is 0 Å². The predicted molar refractivity (Wildman–Crippen MR) is 337 cm³/mol. The van der Waals surface area contributed by atoms with Gasteiger partial charge < -0.3 is 91.4 Å². The monoisotopic (exact) mass is 1290 g/mol. The molecule has 0 aromatic heterocycles. The highest BCUT2D eigenvalue weighted by atomic mass is 16.4. The first-order valence-electron chi connectivity index (χ1n) is 31.3. The molecule has 1 aromatic rings. The Morgan fingerprint density at radius 3 is 1.14 bits per heavy atom. The van der Waals surface area contributed by atoms with Gasteiger partial charge in [-0.2, -0.15) is 0 Å². The Morgan fingerprint density at radius 1 is 0.407 bits per heavy atom. The van der Waals surface area contributed by atoms with E-state index in [9.17, 15) is 72.5 Å². The van der Waals surface area contributed by atoms with E-state index in [0.717, 1.165) is 5.56 Å². The molecule has 0 aliphatic heterocycles. The number of aromatic hydroxyl groups is 1. The van der Waals surface area contributed by atoms with Crippen LogP contribution < -0.4 is 76.1 Å². The van der Waals surface area contributed by atoms with Crippen LogP contribution in [0.1, 0.15) is 176 Å². The molecule has 30 nitrogen and oxygen atoms in total. The van der Waals surface area contributed by atoms with Crippen molar-refractivity contribution < 1.29 is 77.6 Å². The molecule has 11 amide bonds. The number of primary amides is 1. The van der Waals surface area contributed by atoms with Gasteiger partial charge in [-0.05, 0) is 108 Å². The first-order valence-corrected chi connectivity index (χ1v) is 31.3. The molecule has 30 heteroatoms. The fourth-order valence-corrected chi connectivity index (χ4v) is 9.71. The third kappa shape index (κ3) is 40.4. The molecule has 514 valence electrons. The SMILES string of the molecule is CC(C)[C@@H](CC(=O)N[C@@H](C)CC(=O)N[C@@H](CCCN)CC(=O)N[C@H](CC(=O)N[C@@H](C)CC(=O)N[C@@H](CCC(=O)O)CC(=O)NCCC(N)=O)C(C)C)NC(=O)C[C@H](CCC(=O)O)NC(=O)C[C@H](C)NC(=O)C[C@H](Cc1ccc(O)cc1)NC(=O)C[C@@H](N)CCCN. The van der Waals surface area contributed by atoms with Gasteiger partial charge in [-0.1, -0.05) is 39.8 Å². The summed E-state index contributed by atoms with van der Waals surface area (Å²) in [6.07, 6.45) is -0.717. The Hall–Kier alpha value is -7.99. The highest BCUT2D eigenvalue weighted by Gasteiger charge is 2.29. The molecule has 0 spiro atoms. The van der Waals surface area contributed by atoms with E-state index >= 15 is 0 Å². The Labute approximate surface area is 533 Å². The number of amides is 11. The number of hydrogen-bond acceptors (Lipinski definition) is 17. The second-order valence-electron chi connectivity index (χ2n) is 24.3. The minimum Gasteiger partial charge on any atom is -0.508 e. The smallest absolute Gasteiger partial charge is 0.303 e. The largest absolute Gasteiger partial charge is 0.508 e. The summed E-state index contributed by atoms with van der Waals surface area (Å²) in [4.78, 5) is 166. The Morgan fingerprint density at radius 2 is 0.747 bits per heavy atom. The lowest BCUT2D eigenvalue weighted by Crippen LogP contribution is -2.48. The van der Waals surface area contributed by atoms with Gasteiger partial charge in [-0.3, -0.25) is 62.3 Å². The van der Waals surface area contributed by atoms with Crippen molar-refractivity contribution >= 4 is 76.9 Å². The number of rotatable bonds is 48. The quantitative estimate of drug-likeness (QED) is 0.0376. The highest BCUT2D eigenvalue weighted by molar-refractivity contribution is 5.86. The molecule has 1 rings (SSSR count). The van der Waals surface area contributed by atoms with E-state index in [-0.39, 0.29) is 139 Å². The maximum Gasteiger partial charge on any atom is 0.303 e. The van der Waals surface area contributed by atoms with Crippen molar-refractivity contribution in [3.63, 3.8) is 0 Å². The Kier molecular flexibility index (Phi) is 39.6. The number of carbonyl (C=O) groups is 13. The lowest BCUT2D eigenvalue weighted by atomic mass is 9.99. The number of benzene rings is 1. The molecule has 1 aromatic carbocycles. The van der Waals surface area contributed by atoms with Crippen LogP contribution in [0.5, 0.6) is 5.75 Å². The summed E-state index contributed by atoms with van der Waals surface area (Å²) in [5.74, 6) is -8.40. The zero-order valence-corrected chi connectivity index (χ0v) is 54.0. The number of carboxylic acids is 2. The second kappa shape index (κ2) is 44.5. The fraction of sp³-hybridized carbons (Fsp3) is 0.689. The van der Waals surface area contributed by atoms with Crippen molar-refractivity contribution in [2.75, 3.05) is 19.6 Å². The standard InChI is InChI=1S/C61H104N14O16/c1-35(2)47(33-58(86)69-39(7)26-52(80)71-43(14-18-60(88)89)29-50(78)66-23-20-49(65)77)74-56(84)30-42(11-9-22-63)70-51(79)25-38(6)68-59(87)34-48(36(3)4)75-57(85)31-44(15-19-61(90)91)72-53(81)24-37(5)67-55(83)32-45(27-40-12-16-46(76)17-13-40)73-54(82)28-41(64)10-8-21-62/h12-13,16-17,35-39,41-45,47-48,76H,8-11,14-15,18-34,62-64H2,1-7H3,(H2,65,77)(H,66,78)(H,67,83)(H,68,87)(H,69,86)(H,70,79)(H,71,80)(H,72,81)(H,73,82)(H,74,84)(H,75,85)(H,88,89)(H,90,91)/t37-,38-,39-,41-,42-,43-,44-,45-,47+,48+/m0/s1. The molecule has 91 heavy (non-hydrogen) atoms. The topological polar surface area (TPSA) is 507 Å². The van der Waals surface area contributed by atoms with Gasteiger partial charge in [0.25, 0.3) is 0 Å². The maximum atomic E-state index is 13.5. The van der Waals surface area contributed by atoms with Crippen LogP contribution in [0.3, 0.4) is 0 Å². The zero-order valence-electron chi connectivity index (χ0n) is 54.0. The number of carbonyl (C=O) groups excluding carboxylic acids is 11. The molecule has 0 saturated carbocycles. The van der Waals surface area contributed by atoms with Gasteiger partial charge in [0, 0.05) is 150 Å². The van der Waals surface area contributed by atoms with Gasteiger partial charge in [0.05, 0.1) is 0 Å². The summed E-state index contributed by atoms with van der Waals surface area (Å²) in [5.41, 5.74) is 23.3. The number of aliphatic carboxylic acids is 2. The van der Waals surface area contributed by atoms with E-state index in [2.05, 4.69) is 53.2 Å². The molecule has 21 N–H and O–H groups in total. The van der Waals surface area contributed by atoms with Gasteiger partial charge in [-0.25, -0.2) is 0 Å². The van der Waals surface area contributed by atoms with Crippen LogP contribution in [0.15, 0.2) is 24.3 Å². The predicted octanol–water partition coefficient (Wildman–Crippen LogP) is -0.903. The summed E-state index contributed by atoms with van der Waals surface area (Å²) >= 11 is 0. The molecule has 0 aliphatic rings. The number of phenols is 1. The summed E-state index contributed by atoms with van der Waals surface area (Å²) in [6.45, 7) is 12.6. The average molecular weight is 1290 g/mol. The van der Waals surface area contributed by atoms with Crippen LogP contribution in [-0.4, -0.2) is 172 Å². The molecule has 0 unspecified atom stereocenters. The third-order valence-corrected chi connectivity index (χ3v) is 14.5. The normalized spacial score (nSPS) is 14.5.